The van der Waals surface area contributed by atoms with Crippen molar-refractivity contribution in [3.8, 4) is 0 Å². The lowest BCUT2D eigenvalue weighted by Gasteiger charge is -2.33. The van der Waals surface area contributed by atoms with Crippen molar-refractivity contribution in [3.63, 3.8) is 0 Å². The highest BCUT2D eigenvalue weighted by Crippen LogP contribution is 2.11. The zero-order valence-corrected chi connectivity index (χ0v) is 14.3. The summed E-state index contributed by atoms with van der Waals surface area (Å²) in [7, 11) is 2.30. The zero-order valence-electron chi connectivity index (χ0n) is 14.3. The molecule has 1 atom stereocenters. The molecule has 1 unspecified atom stereocenters. The Bertz CT molecular complexity index is 623. The first-order valence-corrected chi connectivity index (χ1v) is 7.53. The molecule has 0 spiro atoms. The summed E-state index contributed by atoms with van der Waals surface area (Å²) >= 11 is 0. The van der Waals surface area contributed by atoms with E-state index in [0.717, 1.165) is 38.5 Å². The van der Waals surface area contributed by atoms with Crippen LogP contribution in [0.5, 0.6) is 0 Å². The summed E-state index contributed by atoms with van der Waals surface area (Å²) in [6, 6.07) is 0. The number of carbonyl (C=O) groups is 5. The van der Waals surface area contributed by atoms with Gasteiger partial charge in [-0.3, -0.25) is 4.79 Å². The van der Waals surface area contributed by atoms with Crippen molar-refractivity contribution in [2.45, 2.75) is 12.5 Å². The molecule has 0 radical (unpaired) electrons. The smallest absolute Gasteiger partial charge is 0.331 e. The Morgan fingerprint density at radius 1 is 0.962 bits per heavy atom. The summed E-state index contributed by atoms with van der Waals surface area (Å²) in [5, 5.41) is 0. The Labute approximate surface area is 149 Å². The van der Waals surface area contributed by atoms with Crippen LogP contribution in [0, 0.1) is 0 Å². The van der Waals surface area contributed by atoms with Gasteiger partial charge in [-0.2, -0.15) is 0 Å². The molecule has 10 nitrogen and oxygen atoms in total. The Balaban J connectivity index is 2.59. The van der Waals surface area contributed by atoms with Crippen LogP contribution in [0.2, 0.25) is 0 Å². The topological polar surface area (TPSA) is 126 Å². The summed E-state index contributed by atoms with van der Waals surface area (Å²) in [6.07, 6.45) is 2.92. The lowest BCUT2D eigenvalue weighted by molar-refractivity contribution is -0.158. The molecular formula is C16H19NO9. The highest BCUT2D eigenvalue weighted by molar-refractivity contribution is 5.92. The van der Waals surface area contributed by atoms with E-state index in [4.69, 9.17) is 9.47 Å². The van der Waals surface area contributed by atoms with E-state index in [0.29, 0.717) is 13.0 Å². The van der Waals surface area contributed by atoms with Crippen LogP contribution in [0.15, 0.2) is 24.3 Å². The van der Waals surface area contributed by atoms with Gasteiger partial charge in [-0.15, -0.1) is 0 Å². The van der Waals surface area contributed by atoms with E-state index in [1.165, 1.54) is 4.90 Å². The van der Waals surface area contributed by atoms with Gasteiger partial charge < -0.3 is 23.8 Å². The van der Waals surface area contributed by atoms with Gasteiger partial charge in [0.25, 0.3) is 0 Å². The predicted octanol–water partition coefficient (Wildman–Crippen LogP) is -0.868. The van der Waals surface area contributed by atoms with E-state index in [1.807, 2.05) is 0 Å². The number of rotatable bonds is 9. The minimum Gasteiger partial charge on any atom is -0.466 e. The fourth-order valence-corrected chi connectivity index (χ4v) is 1.76. The molecule has 1 fully saturated rings. The van der Waals surface area contributed by atoms with Gasteiger partial charge >= 0.3 is 23.9 Å². The van der Waals surface area contributed by atoms with Crippen molar-refractivity contribution in [2.75, 3.05) is 33.9 Å². The molecule has 142 valence electrons. The molecule has 0 aliphatic carbocycles. The fraction of sp³-hybridized carbons (Fsp3) is 0.438. The minimum absolute atomic E-state index is 0.0324. The number of hydrogen-bond donors (Lipinski definition) is 0. The van der Waals surface area contributed by atoms with Crippen molar-refractivity contribution < 1.29 is 42.9 Å². The van der Waals surface area contributed by atoms with Crippen molar-refractivity contribution in [3.05, 3.63) is 24.3 Å². The quantitative estimate of drug-likeness (QED) is 0.221. The standard InChI is InChI=1S/C16H19NO9/c1-23-13(19)3-5-15(21)25-10-11(9-17-8-7-12(17)18)26-16(22)6-4-14(20)24-2/h3-6,11H,7-10H2,1-2H3/b5-3+,6-4+. The second-order valence-electron chi connectivity index (χ2n) is 4.99. The van der Waals surface area contributed by atoms with Crippen LogP contribution in [0.3, 0.4) is 0 Å². The summed E-state index contributed by atoms with van der Waals surface area (Å²) in [5.41, 5.74) is 0. The number of nitrogens with zero attached hydrogens (tertiary/aromatic N) is 1. The predicted molar refractivity (Wildman–Crippen MR) is 84.3 cm³/mol. The van der Waals surface area contributed by atoms with Crippen LogP contribution in [-0.2, 0) is 42.9 Å². The minimum atomic E-state index is -0.940. The SMILES string of the molecule is COC(=O)/C=C/C(=O)OCC(CN1CCC1=O)OC(=O)/C=C/C(=O)OC. The second kappa shape index (κ2) is 10.6. The van der Waals surface area contributed by atoms with Crippen LogP contribution >= 0.6 is 0 Å². The van der Waals surface area contributed by atoms with Gasteiger partial charge in [0, 0.05) is 37.3 Å². The van der Waals surface area contributed by atoms with Crippen LogP contribution in [0.1, 0.15) is 6.42 Å². The maximum absolute atomic E-state index is 11.7. The van der Waals surface area contributed by atoms with Gasteiger partial charge in [0.15, 0.2) is 6.10 Å². The third kappa shape index (κ3) is 7.60. The van der Waals surface area contributed by atoms with Gasteiger partial charge in [-0.25, -0.2) is 19.2 Å². The van der Waals surface area contributed by atoms with E-state index in [1.54, 1.807) is 0 Å². The van der Waals surface area contributed by atoms with Crippen LogP contribution in [0.4, 0.5) is 0 Å². The Hall–Kier alpha value is -3.17. The summed E-state index contributed by atoms with van der Waals surface area (Å²) < 4.78 is 18.6. The van der Waals surface area contributed by atoms with Gasteiger partial charge in [-0.1, -0.05) is 0 Å². The number of hydrogen-bond acceptors (Lipinski definition) is 9. The summed E-state index contributed by atoms with van der Waals surface area (Å²) in [6.45, 7) is 0.192. The molecule has 1 amide bonds. The number of esters is 4. The van der Waals surface area contributed by atoms with Gasteiger partial charge in [-0.05, 0) is 0 Å². The van der Waals surface area contributed by atoms with Crippen LogP contribution in [0.25, 0.3) is 0 Å². The Kier molecular flexibility index (Phi) is 8.55. The average Bonchev–Trinajstić information content (AvgIpc) is 2.64. The van der Waals surface area contributed by atoms with Crippen molar-refractivity contribution in [2.24, 2.45) is 0 Å². The third-order valence-corrected chi connectivity index (χ3v) is 3.18. The average molecular weight is 369 g/mol. The number of ether oxygens (including phenoxy) is 4. The van der Waals surface area contributed by atoms with Crippen LogP contribution in [-0.4, -0.2) is 74.7 Å². The normalized spacial score (nSPS) is 14.7. The van der Waals surface area contributed by atoms with E-state index < -0.39 is 30.0 Å². The van der Waals surface area contributed by atoms with Gasteiger partial charge in [0.2, 0.25) is 5.91 Å². The van der Waals surface area contributed by atoms with Crippen molar-refractivity contribution in [1.29, 1.82) is 0 Å². The largest absolute Gasteiger partial charge is 0.466 e. The van der Waals surface area contributed by atoms with E-state index in [9.17, 15) is 24.0 Å². The highest BCUT2D eigenvalue weighted by atomic mass is 16.6. The van der Waals surface area contributed by atoms with Crippen LogP contribution < -0.4 is 0 Å². The molecule has 1 aliphatic rings. The maximum atomic E-state index is 11.7. The second-order valence-corrected chi connectivity index (χ2v) is 4.99. The number of β-lactam (4-membered cyclic amide) rings is 1. The zero-order chi connectivity index (χ0) is 19.5. The first-order valence-electron chi connectivity index (χ1n) is 7.53. The first kappa shape index (κ1) is 20.9. The molecule has 1 heterocycles. The lowest BCUT2D eigenvalue weighted by Crippen LogP contribution is -2.49. The Morgan fingerprint density at radius 2 is 1.50 bits per heavy atom. The van der Waals surface area contributed by atoms with Gasteiger partial charge in [0.05, 0.1) is 20.8 Å². The maximum Gasteiger partial charge on any atom is 0.331 e. The molecule has 0 aromatic rings. The van der Waals surface area contributed by atoms with Gasteiger partial charge in [0.1, 0.15) is 6.61 Å². The van der Waals surface area contributed by atoms with Crippen molar-refractivity contribution >= 4 is 29.8 Å². The molecule has 0 aromatic carbocycles. The lowest BCUT2D eigenvalue weighted by atomic mass is 10.2. The molecule has 0 saturated carbocycles. The number of amides is 1. The van der Waals surface area contributed by atoms with E-state index in [-0.39, 0.29) is 19.1 Å². The molecule has 0 aromatic heterocycles. The molecule has 1 saturated heterocycles. The summed E-state index contributed by atoms with van der Waals surface area (Å²) in [5.74, 6) is -3.31. The molecule has 1 rings (SSSR count). The molecule has 0 bridgehead atoms. The molecule has 26 heavy (non-hydrogen) atoms. The summed E-state index contributed by atoms with van der Waals surface area (Å²) in [4.78, 5) is 57.9. The molecule has 1 aliphatic heterocycles. The van der Waals surface area contributed by atoms with E-state index >= 15 is 0 Å². The van der Waals surface area contributed by atoms with Crippen molar-refractivity contribution in [1.82, 2.24) is 4.90 Å². The number of likely N-dealkylation sites (tertiary alicyclic amines) is 1. The molecule has 0 N–H and O–H groups in total. The third-order valence-electron chi connectivity index (χ3n) is 3.18. The monoisotopic (exact) mass is 369 g/mol. The molecular weight excluding hydrogens is 350 g/mol. The number of methoxy groups -OCH3 is 2. The molecule has 10 heteroatoms. The first-order chi connectivity index (χ1) is 12.3. The Morgan fingerprint density at radius 3 is 1.96 bits per heavy atom. The highest BCUT2D eigenvalue weighted by Gasteiger charge is 2.28. The van der Waals surface area contributed by atoms with E-state index in [2.05, 4.69) is 9.47 Å². The fourth-order valence-electron chi connectivity index (χ4n) is 1.76. The number of carbonyl (C=O) groups excluding carboxylic acids is 5.